The minimum absolute atomic E-state index is 0. The van der Waals surface area contributed by atoms with Crippen LogP contribution in [-0.4, -0.2) is 28.2 Å². The summed E-state index contributed by atoms with van der Waals surface area (Å²) in [6, 6.07) is 13.5. The Morgan fingerprint density at radius 1 is 1.00 bits per heavy atom. The zero-order valence-electron chi connectivity index (χ0n) is 14.8. The molecule has 0 aliphatic heterocycles. The van der Waals surface area contributed by atoms with Gasteiger partial charge in [0.25, 0.3) is 0 Å². The molecule has 0 aliphatic carbocycles. The molecule has 0 saturated heterocycles. The third kappa shape index (κ3) is 5.88. The predicted octanol–water partition coefficient (Wildman–Crippen LogP) is 2.88. The van der Waals surface area contributed by atoms with Crippen LogP contribution in [0.2, 0.25) is 0 Å². The van der Waals surface area contributed by atoms with Gasteiger partial charge in [0, 0.05) is 18.7 Å². The summed E-state index contributed by atoms with van der Waals surface area (Å²) in [7, 11) is -3.70. The largest absolute Gasteiger partial charge is 0.490 e. The Morgan fingerprint density at radius 2 is 1.62 bits per heavy atom. The molecule has 0 spiro atoms. The quantitative estimate of drug-likeness (QED) is 0.675. The SMILES string of the molecule is CCOc1ccc(S(=O)(=O)NCC(N)c2ccccc2)cc1OCC.Cl. The number of hydrogen-bond acceptors (Lipinski definition) is 5. The highest BCUT2D eigenvalue weighted by atomic mass is 35.5. The summed E-state index contributed by atoms with van der Waals surface area (Å²) in [5, 5.41) is 0. The van der Waals surface area contributed by atoms with E-state index in [1.165, 1.54) is 12.1 Å². The maximum Gasteiger partial charge on any atom is 0.240 e. The van der Waals surface area contributed by atoms with E-state index in [9.17, 15) is 8.42 Å². The number of benzene rings is 2. The van der Waals surface area contributed by atoms with Crippen LogP contribution in [0, 0.1) is 0 Å². The van der Waals surface area contributed by atoms with Crippen LogP contribution in [0.4, 0.5) is 0 Å². The minimum Gasteiger partial charge on any atom is -0.490 e. The molecule has 2 rings (SSSR count). The minimum atomic E-state index is -3.70. The molecule has 1 atom stereocenters. The maximum absolute atomic E-state index is 12.5. The summed E-state index contributed by atoms with van der Waals surface area (Å²) in [5.74, 6) is 0.920. The van der Waals surface area contributed by atoms with Crippen LogP contribution >= 0.6 is 12.4 Å². The van der Waals surface area contributed by atoms with E-state index in [1.807, 2.05) is 44.2 Å². The molecule has 2 aromatic carbocycles. The Morgan fingerprint density at radius 3 is 2.23 bits per heavy atom. The van der Waals surface area contributed by atoms with Crippen molar-refractivity contribution >= 4 is 22.4 Å². The predicted molar refractivity (Wildman–Crippen MR) is 105 cm³/mol. The lowest BCUT2D eigenvalue weighted by Crippen LogP contribution is -2.32. The van der Waals surface area contributed by atoms with E-state index >= 15 is 0 Å². The van der Waals surface area contributed by atoms with E-state index in [0.717, 1.165) is 5.56 Å². The zero-order valence-corrected chi connectivity index (χ0v) is 16.5. The highest BCUT2D eigenvalue weighted by Gasteiger charge is 2.18. The van der Waals surface area contributed by atoms with Crippen LogP contribution in [0.3, 0.4) is 0 Å². The Hall–Kier alpha value is -1.80. The first-order valence-electron chi connectivity index (χ1n) is 8.17. The first kappa shape index (κ1) is 22.2. The Kier molecular flexibility index (Phi) is 8.87. The van der Waals surface area contributed by atoms with E-state index in [4.69, 9.17) is 15.2 Å². The van der Waals surface area contributed by atoms with Gasteiger partial charge < -0.3 is 15.2 Å². The molecule has 1 unspecified atom stereocenters. The lowest BCUT2D eigenvalue weighted by Gasteiger charge is -2.15. The van der Waals surface area contributed by atoms with Crippen molar-refractivity contribution < 1.29 is 17.9 Å². The van der Waals surface area contributed by atoms with E-state index in [2.05, 4.69) is 4.72 Å². The van der Waals surface area contributed by atoms with Crippen molar-refractivity contribution in [3.63, 3.8) is 0 Å². The van der Waals surface area contributed by atoms with E-state index in [-0.39, 0.29) is 23.8 Å². The van der Waals surface area contributed by atoms with Crippen LogP contribution in [0.25, 0.3) is 0 Å². The normalized spacial score (nSPS) is 12.1. The van der Waals surface area contributed by atoms with Gasteiger partial charge >= 0.3 is 0 Å². The topological polar surface area (TPSA) is 90.7 Å². The van der Waals surface area contributed by atoms with Gasteiger partial charge in [-0.2, -0.15) is 0 Å². The fourth-order valence-corrected chi connectivity index (χ4v) is 3.37. The molecule has 2 aromatic rings. The van der Waals surface area contributed by atoms with Crippen LogP contribution in [0.15, 0.2) is 53.4 Å². The molecule has 3 N–H and O–H groups in total. The molecular weight excluding hydrogens is 376 g/mol. The first-order chi connectivity index (χ1) is 12.0. The number of rotatable bonds is 9. The molecule has 0 amide bonds. The number of halogens is 1. The number of nitrogens with one attached hydrogen (secondary N) is 1. The van der Waals surface area contributed by atoms with Crippen LogP contribution in [-0.2, 0) is 10.0 Å². The van der Waals surface area contributed by atoms with Crippen LogP contribution < -0.4 is 19.9 Å². The molecule has 0 heterocycles. The second-order valence-corrected chi connectivity index (χ2v) is 7.11. The first-order valence-corrected chi connectivity index (χ1v) is 9.66. The lowest BCUT2D eigenvalue weighted by molar-refractivity contribution is 0.287. The second kappa shape index (κ2) is 10.4. The van der Waals surface area contributed by atoms with Gasteiger partial charge in [0.15, 0.2) is 11.5 Å². The summed E-state index contributed by atoms with van der Waals surface area (Å²) >= 11 is 0. The average Bonchev–Trinajstić information content (AvgIpc) is 2.62. The molecule has 0 radical (unpaired) electrons. The molecule has 6 nitrogen and oxygen atoms in total. The summed E-state index contributed by atoms with van der Waals surface area (Å²) < 4.78 is 38.5. The lowest BCUT2D eigenvalue weighted by atomic mass is 10.1. The molecule has 0 aliphatic rings. The Balaban J connectivity index is 0.00000338. The van der Waals surface area contributed by atoms with Crippen molar-refractivity contribution in [2.75, 3.05) is 19.8 Å². The third-order valence-corrected chi connectivity index (χ3v) is 4.97. The number of ether oxygens (including phenoxy) is 2. The highest BCUT2D eigenvalue weighted by Crippen LogP contribution is 2.30. The van der Waals surface area contributed by atoms with Gasteiger partial charge in [0.05, 0.1) is 18.1 Å². The van der Waals surface area contributed by atoms with Gasteiger partial charge in [0.2, 0.25) is 10.0 Å². The molecule has 0 aromatic heterocycles. The molecule has 0 bridgehead atoms. The fraction of sp³-hybridized carbons (Fsp3) is 0.333. The Bertz CT molecular complexity index is 785. The summed E-state index contributed by atoms with van der Waals surface area (Å²) in [6.07, 6.45) is 0. The van der Waals surface area contributed by atoms with Gasteiger partial charge in [0.1, 0.15) is 0 Å². The van der Waals surface area contributed by atoms with Gasteiger partial charge in [-0.1, -0.05) is 30.3 Å². The monoisotopic (exact) mass is 400 g/mol. The third-order valence-electron chi connectivity index (χ3n) is 3.55. The Labute approximate surface area is 161 Å². The van der Waals surface area contributed by atoms with Crippen molar-refractivity contribution in [1.82, 2.24) is 4.72 Å². The molecule has 8 heteroatoms. The number of sulfonamides is 1. The smallest absolute Gasteiger partial charge is 0.240 e. The van der Waals surface area contributed by atoms with Crippen molar-refractivity contribution in [3.05, 3.63) is 54.1 Å². The van der Waals surface area contributed by atoms with Crippen molar-refractivity contribution in [2.45, 2.75) is 24.8 Å². The standard InChI is InChI=1S/C18H24N2O4S.ClH/c1-3-23-17-11-10-15(12-18(17)24-4-2)25(21,22)20-13-16(19)14-8-6-5-7-9-14;/h5-12,16,20H,3-4,13,19H2,1-2H3;1H. The van der Waals surface area contributed by atoms with Crippen molar-refractivity contribution in [3.8, 4) is 11.5 Å². The van der Waals surface area contributed by atoms with E-state index in [1.54, 1.807) is 6.07 Å². The number of nitrogens with two attached hydrogens (primary N) is 1. The van der Waals surface area contributed by atoms with Gasteiger partial charge in [-0.05, 0) is 31.5 Å². The zero-order chi connectivity index (χ0) is 18.3. The van der Waals surface area contributed by atoms with Crippen LogP contribution in [0.1, 0.15) is 25.5 Å². The molecule has 0 fully saturated rings. The van der Waals surface area contributed by atoms with Gasteiger partial charge in [-0.25, -0.2) is 13.1 Å². The van der Waals surface area contributed by atoms with Crippen LogP contribution in [0.5, 0.6) is 11.5 Å². The second-order valence-electron chi connectivity index (χ2n) is 5.34. The van der Waals surface area contributed by atoms with Crippen molar-refractivity contribution in [1.29, 1.82) is 0 Å². The molecule has 144 valence electrons. The number of hydrogen-bond donors (Lipinski definition) is 2. The fourth-order valence-electron chi connectivity index (χ4n) is 2.30. The molecule has 0 saturated carbocycles. The van der Waals surface area contributed by atoms with Crippen molar-refractivity contribution in [2.24, 2.45) is 5.73 Å². The summed E-state index contributed by atoms with van der Waals surface area (Å²) in [4.78, 5) is 0.111. The highest BCUT2D eigenvalue weighted by molar-refractivity contribution is 7.89. The molecule has 26 heavy (non-hydrogen) atoms. The maximum atomic E-state index is 12.5. The summed E-state index contributed by atoms with van der Waals surface area (Å²) in [5.41, 5.74) is 6.92. The molecular formula is C18H25ClN2O4S. The average molecular weight is 401 g/mol. The van der Waals surface area contributed by atoms with Gasteiger partial charge in [-0.15, -0.1) is 12.4 Å². The van der Waals surface area contributed by atoms with Gasteiger partial charge in [-0.3, -0.25) is 0 Å². The van der Waals surface area contributed by atoms with E-state index < -0.39 is 16.1 Å². The van der Waals surface area contributed by atoms with E-state index in [0.29, 0.717) is 24.7 Å². The summed E-state index contributed by atoms with van der Waals surface area (Å²) in [6.45, 7) is 4.66.